The van der Waals surface area contributed by atoms with Crippen LogP contribution in [0.25, 0.3) is 0 Å². The van der Waals surface area contributed by atoms with Crippen molar-refractivity contribution in [2.24, 2.45) is 0 Å². The predicted octanol–water partition coefficient (Wildman–Crippen LogP) is 3.98. The third-order valence-corrected chi connectivity index (χ3v) is 4.80. The summed E-state index contributed by atoms with van der Waals surface area (Å²) < 4.78 is 13.9. The summed E-state index contributed by atoms with van der Waals surface area (Å²) in [4.78, 5) is 15.9. The van der Waals surface area contributed by atoms with Gasteiger partial charge >= 0.3 is 0 Å². The molecule has 3 rings (SSSR count). The first-order valence-corrected chi connectivity index (χ1v) is 9.48. The summed E-state index contributed by atoms with van der Waals surface area (Å²) >= 11 is 0. The van der Waals surface area contributed by atoms with E-state index < -0.39 is 0 Å². The fraction of sp³-hybridized carbons (Fsp3) is 0.261. The van der Waals surface area contributed by atoms with Crippen LogP contribution in [0.15, 0.2) is 73.3 Å². The van der Waals surface area contributed by atoms with Crippen molar-refractivity contribution in [1.29, 1.82) is 0 Å². The van der Waals surface area contributed by atoms with Gasteiger partial charge < -0.3 is 10.2 Å². The van der Waals surface area contributed by atoms with Gasteiger partial charge in [0.1, 0.15) is 5.82 Å². The number of carbonyl (C=O) groups is 1. The summed E-state index contributed by atoms with van der Waals surface area (Å²) in [5.41, 5.74) is 2.82. The van der Waals surface area contributed by atoms with Gasteiger partial charge in [0.05, 0.1) is 6.42 Å². The highest BCUT2D eigenvalue weighted by molar-refractivity contribution is 5.80. The summed E-state index contributed by atoms with van der Waals surface area (Å²) in [7, 11) is 1.92. The Bertz CT molecular complexity index is 864. The van der Waals surface area contributed by atoms with Crippen molar-refractivity contribution in [2.75, 3.05) is 13.6 Å². The molecule has 5 heteroatoms. The van der Waals surface area contributed by atoms with E-state index in [0.717, 1.165) is 24.1 Å². The number of carbonyl (C=O) groups excluding carboxylic acids is 1. The molecular weight excluding hydrogens is 353 g/mol. The van der Waals surface area contributed by atoms with Crippen molar-refractivity contribution in [2.45, 2.75) is 25.8 Å². The molecule has 1 N–H and O–H groups in total. The second kappa shape index (κ2) is 9.33. The molecule has 146 valence electrons. The molecule has 2 aromatic rings. The minimum absolute atomic E-state index is 0.0315. The Balaban J connectivity index is 1.52. The average Bonchev–Trinajstić information content (AvgIpc) is 2.69. The Labute approximate surface area is 166 Å². The summed E-state index contributed by atoms with van der Waals surface area (Å²) in [6.45, 7) is 2.70. The molecule has 0 saturated heterocycles. The van der Waals surface area contributed by atoms with Gasteiger partial charge in [0.25, 0.3) is 0 Å². The summed E-state index contributed by atoms with van der Waals surface area (Å²) in [5.74, 6) is -0.154. The molecule has 1 aliphatic heterocycles. The summed E-state index contributed by atoms with van der Waals surface area (Å²) in [6, 6.07) is 14.9. The highest BCUT2D eigenvalue weighted by Gasteiger charge is 2.12. The van der Waals surface area contributed by atoms with E-state index in [4.69, 9.17) is 0 Å². The first-order chi connectivity index (χ1) is 13.5. The molecule has 0 bridgehead atoms. The SMILES string of the molecule is CC(NCCc1cccc(CC(=O)N2C=CN(C)C=C2)c1)c1ccccc1F. The van der Waals surface area contributed by atoms with Crippen LogP contribution >= 0.6 is 0 Å². The Hall–Kier alpha value is -2.92. The van der Waals surface area contributed by atoms with Crippen molar-refractivity contribution in [1.82, 2.24) is 15.1 Å². The largest absolute Gasteiger partial charge is 0.354 e. The highest BCUT2D eigenvalue weighted by Crippen LogP contribution is 2.16. The van der Waals surface area contributed by atoms with E-state index in [0.29, 0.717) is 12.0 Å². The molecule has 0 radical (unpaired) electrons. The molecular formula is C23H26FN3O. The van der Waals surface area contributed by atoms with Crippen LogP contribution in [-0.4, -0.2) is 29.3 Å². The predicted molar refractivity (Wildman–Crippen MR) is 110 cm³/mol. The van der Waals surface area contributed by atoms with Crippen LogP contribution in [0.4, 0.5) is 4.39 Å². The van der Waals surface area contributed by atoms with Gasteiger partial charge in [0, 0.05) is 43.5 Å². The molecule has 0 fully saturated rings. The zero-order valence-electron chi connectivity index (χ0n) is 16.3. The number of hydrogen-bond acceptors (Lipinski definition) is 3. The fourth-order valence-corrected chi connectivity index (χ4v) is 3.15. The lowest BCUT2D eigenvalue weighted by atomic mass is 10.0. The standard InChI is InChI=1S/C23H26FN3O/c1-18(21-8-3-4-9-22(21)24)25-11-10-19-6-5-7-20(16-19)17-23(28)27-14-12-26(2)13-15-27/h3-9,12-16,18,25H,10-11,17H2,1-2H3. The first kappa shape index (κ1) is 19.8. The van der Waals surface area contributed by atoms with Crippen LogP contribution in [0, 0.1) is 5.82 Å². The van der Waals surface area contributed by atoms with Crippen LogP contribution in [0.3, 0.4) is 0 Å². The van der Waals surface area contributed by atoms with E-state index in [9.17, 15) is 9.18 Å². The van der Waals surface area contributed by atoms with Gasteiger partial charge in [0.15, 0.2) is 0 Å². The zero-order chi connectivity index (χ0) is 19.9. The van der Waals surface area contributed by atoms with Gasteiger partial charge in [-0.3, -0.25) is 9.69 Å². The number of nitrogens with zero attached hydrogens (tertiary/aromatic N) is 2. The number of rotatable bonds is 7. The topological polar surface area (TPSA) is 35.6 Å². The Kier molecular flexibility index (Phi) is 6.61. The van der Waals surface area contributed by atoms with Gasteiger partial charge in [-0.15, -0.1) is 0 Å². The quantitative estimate of drug-likeness (QED) is 0.790. The molecule has 4 nitrogen and oxygen atoms in total. The van der Waals surface area contributed by atoms with Crippen molar-refractivity contribution in [3.05, 3.63) is 95.8 Å². The van der Waals surface area contributed by atoms with Gasteiger partial charge in [0.2, 0.25) is 5.91 Å². The van der Waals surface area contributed by atoms with Crippen LogP contribution < -0.4 is 5.32 Å². The smallest absolute Gasteiger partial charge is 0.235 e. The van der Waals surface area contributed by atoms with Crippen molar-refractivity contribution < 1.29 is 9.18 Å². The molecule has 28 heavy (non-hydrogen) atoms. The lowest BCUT2D eigenvalue weighted by molar-refractivity contribution is -0.126. The molecule has 1 atom stereocenters. The molecule has 1 unspecified atom stereocenters. The maximum absolute atomic E-state index is 13.9. The first-order valence-electron chi connectivity index (χ1n) is 9.48. The van der Waals surface area contributed by atoms with Crippen molar-refractivity contribution in [3.63, 3.8) is 0 Å². The second-order valence-corrected chi connectivity index (χ2v) is 7.01. The van der Waals surface area contributed by atoms with Gasteiger partial charge in [-0.05, 0) is 37.1 Å². The maximum atomic E-state index is 13.9. The van der Waals surface area contributed by atoms with Crippen LogP contribution in [-0.2, 0) is 17.6 Å². The zero-order valence-corrected chi connectivity index (χ0v) is 16.3. The van der Waals surface area contributed by atoms with Gasteiger partial charge in [-0.1, -0.05) is 42.5 Å². The van der Waals surface area contributed by atoms with Gasteiger partial charge in [-0.2, -0.15) is 0 Å². The summed E-state index contributed by atoms with van der Waals surface area (Å²) in [6.07, 6.45) is 8.38. The number of amides is 1. The highest BCUT2D eigenvalue weighted by atomic mass is 19.1. The Morgan fingerprint density at radius 1 is 1.04 bits per heavy atom. The molecule has 0 saturated carbocycles. The normalized spacial score (nSPS) is 14.4. The average molecular weight is 379 g/mol. The number of hydrogen-bond donors (Lipinski definition) is 1. The van der Waals surface area contributed by atoms with Crippen LogP contribution in [0.2, 0.25) is 0 Å². The summed E-state index contributed by atoms with van der Waals surface area (Å²) in [5, 5.41) is 3.37. The van der Waals surface area contributed by atoms with E-state index in [1.807, 2.05) is 49.5 Å². The maximum Gasteiger partial charge on any atom is 0.235 e. The number of nitrogens with one attached hydrogen (secondary N) is 1. The molecule has 1 aliphatic rings. The monoisotopic (exact) mass is 379 g/mol. The van der Waals surface area contributed by atoms with E-state index in [-0.39, 0.29) is 17.8 Å². The number of halogens is 1. The fourth-order valence-electron chi connectivity index (χ4n) is 3.15. The van der Waals surface area contributed by atoms with E-state index >= 15 is 0 Å². The van der Waals surface area contributed by atoms with Crippen molar-refractivity contribution in [3.8, 4) is 0 Å². The van der Waals surface area contributed by atoms with E-state index in [2.05, 4.69) is 17.4 Å². The van der Waals surface area contributed by atoms with Gasteiger partial charge in [-0.25, -0.2) is 4.39 Å². The van der Waals surface area contributed by atoms with E-state index in [1.165, 1.54) is 6.07 Å². The lowest BCUT2D eigenvalue weighted by Gasteiger charge is -2.20. The third kappa shape index (κ3) is 5.30. The minimum atomic E-state index is -0.185. The molecule has 1 amide bonds. The van der Waals surface area contributed by atoms with Crippen LogP contribution in [0.1, 0.15) is 29.7 Å². The lowest BCUT2D eigenvalue weighted by Crippen LogP contribution is -2.25. The molecule has 0 aliphatic carbocycles. The minimum Gasteiger partial charge on any atom is -0.354 e. The van der Waals surface area contributed by atoms with Crippen molar-refractivity contribution >= 4 is 5.91 Å². The van der Waals surface area contributed by atoms with Crippen LogP contribution in [0.5, 0.6) is 0 Å². The molecule has 0 spiro atoms. The second-order valence-electron chi connectivity index (χ2n) is 7.01. The molecule has 2 aromatic carbocycles. The van der Waals surface area contributed by atoms with E-state index in [1.54, 1.807) is 29.4 Å². The Morgan fingerprint density at radius 3 is 2.50 bits per heavy atom. The Morgan fingerprint density at radius 2 is 1.75 bits per heavy atom. The molecule has 0 aromatic heterocycles. The number of benzene rings is 2. The third-order valence-electron chi connectivity index (χ3n) is 4.80. The molecule has 1 heterocycles.